The van der Waals surface area contributed by atoms with Crippen LogP contribution in [-0.4, -0.2) is 24.1 Å². The molecule has 0 fully saturated rings. The number of halogens is 2. The van der Waals surface area contributed by atoms with Gasteiger partial charge in [-0.3, -0.25) is 0 Å². The smallest absolute Gasteiger partial charge is 0.286 e. The number of aryl methyl sites for hydroxylation is 1. The fraction of sp³-hybridized carbons (Fsp3) is 0.450. The highest BCUT2D eigenvalue weighted by Gasteiger charge is 2.40. The molecule has 1 aliphatic rings. The summed E-state index contributed by atoms with van der Waals surface area (Å²) in [6.45, 7) is 12.6. The van der Waals surface area contributed by atoms with Crippen molar-refractivity contribution in [3.63, 3.8) is 0 Å². The van der Waals surface area contributed by atoms with E-state index < -0.39 is 8.32 Å². The molecule has 3 N–H and O–H groups in total. The molecule has 0 amide bonds. The zero-order valence-corrected chi connectivity index (χ0v) is 20.2. The van der Waals surface area contributed by atoms with Gasteiger partial charge in [-0.1, -0.05) is 47.9 Å². The normalized spacial score (nSPS) is 18.3. The third kappa shape index (κ3) is 4.45. The van der Waals surface area contributed by atoms with Gasteiger partial charge in [-0.15, -0.1) is 0 Å². The minimum atomic E-state index is -2.11. The van der Waals surface area contributed by atoms with E-state index in [0.717, 1.165) is 22.5 Å². The number of amidine groups is 1. The van der Waals surface area contributed by atoms with Crippen molar-refractivity contribution in [2.75, 3.05) is 5.73 Å². The van der Waals surface area contributed by atoms with Crippen LogP contribution in [0.25, 0.3) is 0 Å². The van der Waals surface area contributed by atoms with E-state index >= 15 is 0 Å². The standard InChI is InChI=1S/C20H27BrFN5OSi/c1-11-17-16(26-19(23)24-11)10-15(13-8-7-12(22)9-14(13)21)25-18(17)27-28-29(5,6)20(2,3)4/h7-9,15H,10H2,1-6H3,(H,25,27)(H2,23,24,26). The Morgan fingerprint density at radius 1 is 1.31 bits per heavy atom. The van der Waals surface area contributed by atoms with Crippen LogP contribution in [0.15, 0.2) is 27.8 Å². The number of nitrogens with zero attached hydrogens (tertiary/aromatic N) is 3. The van der Waals surface area contributed by atoms with E-state index in [1.54, 1.807) is 6.07 Å². The Kier molecular flexibility index (Phi) is 5.75. The molecule has 2 aromatic rings. The SMILES string of the molecule is Cc1nc(N)nc2c1C(=NO[Si](C)(C)C(C)(C)C)NC(c1ccc(F)cc1Br)C2. The van der Waals surface area contributed by atoms with Crippen molar-refractivity contribution in [1.82, 2.24) is 15.3 Å². The van der Waals surface area contributed by atoms with E-state index in [1.807, 2.05) is 6.92 Å². The summed E-state index contributed by atoms with van der Waals surface area (Å²) < 4.78 is 20.4. The van der Waals surface area contributed by atoms with Crippen LogP contribution in [0.2, 0.25) is 18.1 Å². The Hall–Kier alpha value is -2.00. The Morgan fingerprint density at radius 3 is 2.62 bits per heavy atom. The van der Waals surface area contributed by atoms with Gasteiger partial charge in [0.15, 0.2) is 5.84 Å². The molecule has 0 radical (unpaired) electrons. The molecule has 1 aromatic heterocycles. The summed E-state index contributed by atoms with van der Waals surface area (Å²) in [5.41, 5.74) is 9.16. The largest absolute Gasteiger partial charge is 0.453 e. The monoisotopic (exact) mass is 479 g/mol. The maximum absolute atomic E-state index is 13.6. The van der Waals surface area contributed by atoms with E-state index in [-0.39, 0.29) is 22.8 Å². The summed E-state index contributed by atoms with van der Waals surface area (Å²) in [5, 5.41) is 7.99. The van der Waals surface area contributed by atoms with Crippen molar-refractivity contribution < 1.29 is 8.92 Å². The van der Waals surface area contributed by atoms with E-state index in [4.69, 9.17) is 10.3 Å². The van der Waals surface area contributed by atoms with Gasteiger partial charge in [0.25, 0.3) is 8.32 Å². The van der Waals surface area contributed by atoms with E-state index in [1.165, 1.54) is 12.1 Å². The van der Waals surface area contributed by atoms with E-state index in [2.05, 4.69) is 70.2 Å². The maximum atomic E-state index is 13.6. The van der Waals surface area contributed by atoms with Crippen molar-refractivity contribution >= 4 is 36.0 Å². The van der Waals surface area contributed by atoms with Crippen LogP contribution in [0.1, 0.15) is 49.3 Å². The van der Waals surface area contributed by atoms with Gasteiger partial charge >= 0.3 is 0 Å². The van der Waals surface area contributed by atoms with Crippen molar-refractivity contribution in [1.29, 1.82) is 0 Å². The number of hydrogen-bond acceptors (Lipinski definition) is 5. The maximum Gasteiger partial charge on any atom is 0.286 e. The first-order valence-corrected chi connectivity index (χ1v) is 13.2. The van der Waals surface area contributed by atoms with Gasteiger partial charge in [-0.2, -0.15) is 0 Å². The van der Waals surface area contributed by atoms with Gasteiger partial charge in [-0.25, -0.2) is 14.4 Å². The Bertz CT molecular complexity index is 974. The van der Waals surface area contributed by atoms with Gasteiger partial charge < -0.3 is 15.6 Å². The lowest BCUT2D eigenvalue weighted by Gasteiger charge is -2.34. The van der Waals surface area contributed by atoms with Gasteiger partial charge in [0.2, 0.25) is 5.95 Å². The second-order valence-corrected chi connectivity index (χ2v) is 14.4. The average molecular weight is 480 g/mol. The van der Waals surface area contributed by atoms with Crippen LogP contribution in [-0.2, 0) is 10.9 Å². The Balaban J connectivity index is 2.06. The highest BCUT2D eigenvalue weighted by molar-refractivity contribution is 9.10. The Morgan fingerprint density at radius 2 is 2.00 bits per heavy atom. The van der Waals surface area contributed by atoms with E-state index in [0.29, 0.717) is 16.7 Å². The summed E-state index contributed by atoms with van der Waals surface area (Å²) in [6, 6.07) is 4.49. The quantitative estimate of drug-likeness (QED) is 0.485. The molecule has 156 valence electrons. The zero-order chi connectivity index (χ0) is 21.6. The number of aromatic nitrogens is 2. The number of hydrogen-bond donors (Lipinski definition) is 2. The highest BCUT2D eigenvalue weighted by atomic mass is 79.9. The summed E-state index contributed by atoms with van der Waals surface area (Å²) >= 11 is 3.47. The number of oxime groups is 1. The summed E-state index contributed by atoms with van der Waals surface area (Å²) in [7, 11) is -2.11. The molecule has 0 aliphatic carbocycles. The summed E-state index contributed by atoms with van der Waals surface area (Å²) in [6.07, 6.45) is 0.576. The molecule has 1 atom stereocenters. The van der Waals surface area contributed by atoms with Crippen molar-refractivity contribution in [3.8, 4) is 0 Å². The number of nitrogens with one attached hydrogen (secondary N) is 1. The van der Waals surface area contributed by atoms with Gasteiger partial charge in [0.1, 0.15) is 5.82 Å². The first-order chi connectivity index (χ1) is 13.4. The predicted octanol–water partition coefficient (Wildman–Crippen LogP) is 4.84. The van der Waals surface area contributed by atoms with E-state index in [9.17, 15) is 4.39 Å². The Labute approximate surface area is 180 Å². The second kappa shape index (κ2) is 7.68. The molecule has 0 saturated carbocycles. The van der Waals surface area contributed by atoms with Crippen molar-refractivity contribution in [2.24, 2.45) is 5.16 Å². The lowest BCUT2D eigenvalue weighted by atomic mass is 9.94. The zero-order valence-electron chi connectivity index (χ0n) is 17.6. The number of benzene rings is 1. The van der Waals surface area contributed by atoms with Crippen LogP contribution >= 0.6 is 15.9 Å². The van der Waals surface area contributed by atoms with Gasteiger partial charge in [0.05, 0.1) is 23.0 Å². The fourth-order valence-corrected chi connectivity index (χ4v) is 4.15. The molecule has 1 unspecified atom stereocenters. The number of anilines is 1. The highest BCUT2D eigenvalue weighted by Crippen LogP contribution is 2.37. The van der Waals surface area contributed by atoms with Crippen LogP contribution in [0.3, 0.4) is 0 Å². The summed E-state index contributed by atoms with van der Waals surface area (Å²) in [5.74, 6) is 0.508. The first kappa shape index (κ1) is 21.7. The molecule has 29 heavy (non-hydrogen) atoms. The van der Waals surface area contributed by atoms with Gasteiger partial charge in [0, 0.05) is 10.9 Å². The number of rotatable bonds is 3. The lowest BCUT2D eigenvalue weighted by molar-refractivity contribution is 0.304. The third-order valence-corrected chi connectivity index (χ3v) is 10.5. The number of nitrogen functional groups attached to an aromatic ring is 1. The molecule has 0 bridgehead atoms. The van der Waals surface area contributed by atoms with Gasteiger partial charge in [-0.05, 0) is 42.8 Å². The topological polar surface area (TPSA) is 85.4 Å². The fourth-order valence-electron chi connectivity index (χ4n) is 2.93. The summed E-state index contributed by atoms with van der Waals surface area (Å²) in [4.78, 5) is 8.75. The number of nitrogens with two attached hydrogens (primary N) is 1. The molecule has 6 nitrogen and oxygen atoms in total. The number of fused-ring (bicyclic) bond motifs is 1. The molecule has 1 aromatic carbocycles. The van der Waals surface area contributed by atoms with Crippen LogP contribution in [0, 0.1) is 12.7 Å². The van der Waals surface area contributed by atoms with Crippen LogP contribution < -0.4 is 11.1 Å². The molecule has 2 heterocycles. The van der Waals surface area contributed by atoms with Crippen molar-refractivity contribution in [3.05, 3.63) is 51.0 Å². The molecule has 1 aliphatic heterocycles. The lowest BCUT2D eigenvalue weighted by Crippen LogP contribution is -2.42. The first-order valence-electron chi connectivity index (χ1n) is 9.50. The predicted molar refractivity (Wildman–Crippen MR) is 120 cm³/mol. The van der Waals surface area contributed by atoms with Crippen LogP contribution in [0.5, 0.6) is 0 Å². The molecular weight excluding hydrogens is 453 g/mol. The third-order valence-electron chi connectivity index (χ3n) is 5.64. The van der Waals surface area contributed by atoms with Crippen LogP contribution in [0.4, 0.5) is 10.3 Å². The molecular formula is C20H27BrFN5OSi. The minimum absolute atomic E-state index is 0.0145. The molecule has 0 spiro atoms. The molecule has 0 saturated heterocycles. The molecule has 3 rings (SSSR count). The second-order valence-electron chi connectivity index (χ2n) is 8.85. The van der Waals surface area contributed by atoms with Crippen molar-refractivity contribution in [2.45, 2.75) is 58.3 Å². The molecule has 9 heteroatoms. The average Bonchev–Trinajstić information content (AvgIpc) is 2.57. The minimum Gasteiger partial charge on any atom is -0.453 e.